The van der Waals surface area contributed by atoms with Gasteiger partial charge in [0.25, 0.3) is 0 Å². The fourth-order valence-corrected chi connectivity index (χ4v) is 3.99. The first-order valence-electron chi connectivity index (χ1n) is 12.3. The van der Waals surface area contributed by atoms with Crippen LogP contribution in [-0.2, 0) is 14.3 Å². The molecular weight excluding hydrogens is 477 g/mol. The Kier molecular flexibility index (Phi) is 7.12. The first kappa shape index (κ1) is 24.8. The summed E-state index contributed by atoms with van der Waals surface area (Å²) in [6, 6.07) is 9.79. The summed E-state index contributed by atoms with van der Waals surface area (Å²) in [4.78, 5) is 29.5. The number of nitriles is 1. The molecule has 0 unspecified atom stereocenters. The highest BCUT2D eigenvalue weighted by Gasteiger charge is 2.41. The van der Waals surface area contributed by atoms with Crippen LogP contribution in [0.1, 0.15) is 38.3 Å². The monoisotopic (exact) mass is 505 g/mol. The van der Waals surface area contributed by atoms with Gasteiger partial charge in [-0.1, -0.05) is 0 Å². The molecule has 0 radical (unpaired) electrons. The van der Waals surface area contributed by atoms with Crippen LogP contribution in [0.2, 0.25) is 0 Å². The number of benzene rings is 1. The van der Waals surface area contributed by atoms with Gasteiger partial charge in [0, 0.05) is 24.8 Å². The van der Waals surface area contributed by atoms with Gasteiger partial charge in [0.15, 0.2) is 5.82 Å². The SMILES string of the molecule is CC1(C(=O)NCC2CC2)COC(c2nc(-c3ccc(F)cc3)c(-c3ccnc(NCCC#N)n3)[nH]2)OC1. The maximum atomic E-state index is 13.6. The minimum Gasteiger partial charge on any atom is -0.355 e. The number of aromatic amines is 1. The van der Waals surface area contributed by atoms with E-state index >= 15 is 0 Å². The lowest BCUT2D eigenvalue weighted by Gasteiger charge is -2.35. The minimum absolute atomic E-state index is 0.0811. The Balaban J connectivity index is 1.38. The van der Waals surface area contributed by atoms with Crippen LogP contribution in [0.15, 0.2) is 36.5 Å². The fourth-order valence-electron chi connectivity index (χ4n) is 3.99. The molecule has 2 aromatic heterocycles. The standard InChI is InChI=1S/C26H28FN7O3/c1-26(24(35)31-13-16-3-4-16)14-36-23(37-15-26)22-33-20(17-5-7-18(27)8-6-17)21(34-22)19-9-12-30-25(32-19)29-11-2-10-28/h5-9,12,16,23H,2-4,11,13-15H2,1H3,(H,31,35)(H,33,34)(H,29,30,32). The molecule has 2 fully saturated rings. The van der Waals surface area contributed by atoms with Crippen LogP contribution in [0.4, 0.5) is 10.3 Å². The lowest BCUT2D eigenvalue weighted by Crippen LogP contribution is -2.49. The van der Waals surface area contributed by atoms with E-state index in [0.29, 0.717) is 59.8 Å². The zero-order valence-corrected chi connectivity index (χ0v) is 20.5. The number of nitrogens with zero attached hydrogens (tertiary/aromatic N) is 4. The predicted octanol–water partition coefficient (Wildman–Crippen LogP) is 3.58. The number of hydrogen-bond donors (Lipinski definition) is 3. The Hall–Kier alpha value is -3.88. The first-order valence-corrected chi connectivity index (χ1v) is 12.3. The summed E-state index contributed by atoms with van der Waals surface area (Å²) in [5.74, 6) is 0.924. The predicted molar refractivity (Wildman–Crippen MR) is 132 cm³/mol. The van der Waals surface area contributed by atoms with Crippen molar-refractivity contribution in [1.29, 1.82) is 5.26 Å². The molecule has 3 N–H and O–H groups in total. The number of carbonyl (C=O) groups is 1. The van der Waals surface area contributed by atoms with Crippen molar-refractivity contribution < 1.29 is 18.7 Å². The second-order valence-corrected chi connectivity index (χ2v) is 9.62. The third-order valence-electron chi connectivity index (χ3n) is 6.40. The topological polar surface area (TPSA) is 138 Å². The molecule has 1 aromatic carbocycles. The Morgan fingerprint density at radius 1 is 1.22 bits per heavy atom. The highest BCUT2D eigenvalue weighted by molar-refractivity contribution is 5.82. The number of hydrogen-bond acceptors (Lipinski definition) is 8. The number of ether oxygens (including phenoxy) is 2. The second-order valence-electron chi connectivity index (χ2n) is 9.62. The summed E-state index contributed by atoms with van der Waals surface area (Å²) in [7, 11) is 0. The van der Waals surface area contributed by atoms with Crippen molar-refractivity contribution in [2.45, 2.75) is 32.5 Å². The third-order valence-corrected chi connectivity index (χ3v) is 6.40. The molecule has 37 heavy (non-hydrogen) atoms. The number of amides is 1. The first-order chi connectivity index (χ1) is 17.9. The van der Waals surface area contributed by atoms with Gasteiger partial charge in [-0.15, -0.1) is 0 Å². The van der Waals surface area contributed by atoms with Crippen molar-refractivity contribution in [1.82, 2.24) is 25.3 Å². The van der Waals surface area contributed by atoms with Crippen LogP contribution in [-0.4, -0.2) is 52.1 Å². The molecule has 0 spiro atoms. The Morgan fingerprint density at radius 3 is 2.68 bits per heavy atom. The maximum Gasteiger partial charge on any atom is 0.230 e. The number of anilines is 1. The fraction of sp³-hybridized carbons (Fsp3) is 0.423. The number of imidazole rings is 1. The zero-order chi connectivity index (χ0) is 25.8. The molecule has 1 saturated heterocycles. The highest BCUT2D eigenvalue weighted by Crippen LogP contribution is 2.36. The number of rotatable bonds is 9. The van der Waals surface area contributed by atoms with E-state index in [-0.39, 0.29) is 24.9 Å². The van der Waals surface area contributed by atoms with Crippen LogP contribution in [0.3, 0.4) is 0 Å². The summed E-state index contributed by atoms with van der Waals surface area (Å²) in [5, 5.41) is 14.8. The van der Waals surface area contributed by atoms with Crippen LogP contribution >= 0.6 is 0 Å². The molecule has 10 nitrogen and oxygen atoms in total. The number of carbonyl (C=O) groups excluding carboxylic acids is 1. The highest BCUT2D eigenvalue weighted by atomic mass is 19.1. The summed E-state index contributed by atoms with van der Waals surface area (Å²) in [5.41, 5.74) is 1.55. The van der Waals surface area contributed by atoms with Crippen molar-refractivity contribution in [3.8, 4) is 28.7 Å². The van der Waals surface area contributed by atoms with Crippen LogP contribution in [0, 0.1) is 28.5 Å². The molecular formula is C26H28FN7O3. The molecule has 1 aliphatic carbocycles. The largest absolute Gasteiger partial charge is 0.355 e. The van der Waals surface area contributed by atoms with Gasteiger partial charge >= 0.3 is 0 Å². The van der Waals surface area contributed by atoms with Gasteiger partial charge in [0.1, 0.15) is 5.82 Å². The Labute approximate surface area is 213 Å². The molecule has 5 rings (SSSR count). The summed E-state index contributed by atoms with van der Waals surface area (Å²) in [6.07, 6.45) is 3.43. The van der Waals surface area contributed by atoms with E-state index in [1.807, 2.05) is 6.92 Å². The lowest BCUT2D eigenvalue weighted by molar-refractivity contribution is -0.231. The summed E-state index contributed by atoms with van der Waals surface area (Å²) < 4.78 is 25.5. The molecule has 3 aromatic rings. The van der Waals surface area contributed by atoms with Crippen molar-refractivity contribution >= 4 is 11.9 Å². The quantitative estimate of drug-likeness (QED) is 0.375. The zero-order valence-electron chi connectivity index (χ0n) is 20.5. The molecule has 1 saturated carbocycles. The van der Waals surface area contributed by atoms with E-state index in [0.717, 1.165) is 12.8 Å². The van der Waals surface area contributed by atoms with E-state index < -0.39 is 11.7 Å². The van der Waals surface area contributed by atoms with Gasteiger partial charge < -0.3 is 25.1 Å². The van der Waals surface area contributed by atoms with Gasteiger partial charge in [-0.25, -0.2) is 19.3 Å². The number of halogens is 1. The van der Waals surface area contributed by atoms with Crippen LogP contribution in [0.5, 0.6) is 0 Å². The smallest absolute Gasteiger partial charge is 0.230 e. The Morgan fingerprint density at radius 2 is 1.97 bits per heavy atom. The summed E-state index contributed by atoms with van der Waals surface area (Å²) >= 11 is 0. The normalized spacial score (nSPS) is 21.3. The van der Waals surface area contributed by atoms with Crippen molar-refractivity contribution in [3.05, 3.63) is 48.2 Å². The van der Waals surface area contributed by atoms with E-state index in [1.165, 1.54) is 12.1 Å². The lowest BCUT2D eigenvalue weighted by atomic mass is 9.91. The molecule has 2 aliphatic rings. The van der Waals surface area contributed by atoms with E-state index in [9.17, 15) is 9.18 Å². The molecule has 1 amide bonds. The van der Waals surface area contributed by atoms with Crippen molar-refractivity contribution in [3.63, 3.8) is 0 Å². The Bertz CT molecular complexity index is 1290. The average Bonchev–Trinajstić information content (AvgIpc) is 3.64. The van der Waals surface area contributed by atoms with E-state index in [1.54, 1.807) is 24.4 Å². The van der Waals surface area contributed by atoms with E-state index in [2.05, 4.69) is 31.7 Å². The molecule has 11 heteroatoms. The molecule has 192 valence electrons. The van der Waals surface area contributed by atoms with Crippen molar-refractivity contribution in [2.75, 3.05) is 31.6 Å². The van der Waals surface area contributed by atoms with Gasteiger partial charge in [-0.3, -0.25) is 4.79 Å². The summed E-state index contributed by atoms with van der Waals surface area (Å²) in [6.45, 7) is 3.28. The van der Waals surface area contributed by atoms with Crippen LogP contribution in [0.25, 0.3) is 22.6 Å². The van der Waals surface area contributed by atoms with Gasteiger partial charge in [-0.2, -0.15) is 5.26 Å². The minimum atomic E-state index is -0.813. The molecule has 0 bridgehead atoms. The van der Waals surface area contributed by atoms with E-state index in [4.69, 9.17) is 19.7 Å². The molecule has 1 aliphatic heterocycles. The maximum absolute atomic E-state index is 13.6. The average molecular weight is 506 g/mol. The number of H-pyrrole nitrogens is 1. The van der Waals surface area contributed by atoms with Crippen LogP contribution < -0.4 is 10.6 Å². The number of aromatic nitrogens is 4. The van der Waals surface area contributed by atoms with Gasteiger partial charge in [-0.05, 0) is 56.0 Å². The molecule has 3 heterocycles. The van der Waals surface area contributed by atoms with Crippen molar-refractivity contribution in [2.24, 2.45) is 11.3 Å². The second kappa shape index (κ2) is 10.6. The van der Waals surface area contributed by atoms with Gasteiger partial charge in [0.2, 0.25) is 18.1 Å². The molecule has 0 atom stereocenters. The number of nitrogens with one attached hydrogen (secondary N) is 3. The van der Waals surface area contributed by atoms with Gasteiger partial charge in [0.05, 0.1) is 48.2 Å². The third kappa shape index (κ3) is 5.76.